The van der Waals surface area contributed by atoms with Crippen molar-refractivity contribution in [3.63, 3.8) is 0 Å². The van der Waals surface area contributed by atoms with Gasteiger partial charge in [-0.25, -0.2) is 0 Å². The van der Waals surface area contributed by atoms with E-state index in [0.717, 1.165) is 29.4 Å². The summed E-state index contributed by atoms with van der Waals surface area (Å²) >= 11 is 0. The molecule has 30 heavy (non-hydrogen) atoms. The van der Waals surface area contributed by atoms with E-state index < -0.39 is 0 Å². The van der Waals surface area contributed by atoms with Crippen molar-refractivity contribution in [1.29, 1.82) is 0 Å². The van der Waals surface area contributed by atoms with E-state index in [4.69, 9.17) is 4.42 Å². The summed E-state index contributed by atoms with van der Waals surface area (Å²) in [6, 6.07) is 28.0. The van der Waals surface area contributed by atoms with Crippen LogP contribution in [0, 0.1) is 0 Å². The summed E-state index contributed by atoms with van der Waals surface area (Å²) in [4.78, 5) is 13.5. The van der Waals surface area contributed by atoms with E-state index in [1.54, 1.807) is 0 Å². The summed E-state index contributed by atoms with van der Waals surface area (Å²) < 4.78 is 6.23. The molecule has 1 aliphatic carbocycles. The highest BCUT2D eigenvalue weighted by Crippen LogP contribution is 2.43. The first-order valence-electron chi connectivity index (χ1n) is 10.7. The van der Waals surface area contributed by atoms with Crippen molar-refractivity contribution in [2.45, 2.75) is 31.6 Å². The van der Waals surface area contributed by atoms with E-state index in [0.29, 0.717) is 11.3 Å². The number of carbonyl (C=O) groups is 1. The predicted octanol–water partition coefficient (Wildman–Crippen LogP) is 7.30. The summed E-state index contributed by atoms with van der Waals surface area (Å²) in [5.41, 5.74) is 5.02. The molecule has 3 aromatic carbocycles. The Morgan fingerprint density at radius 1 is 0.800 bits per heavy atom. The second-order valence-electron chi connectivity index (χ2n) is 7.90. The summed E-state index contributed by atoms with van der Waals surface area (Å²) in [6.07, 6.45) is 6.94. The average molecular weight is 392 g/mol. The number of hydrogen-bond acceptors (Lipinski definition) is 2. The Kier molecular flexibility index (Phi) is 5.06. The molecule has 0 aliphatic heterocycles. The number of fused-ring (bicyclic) bond motifs is 1. The summed E-state index contributed by atoms with van der Waals surface area (Å²) in [5.74, 6) is 0.430. The summed E-state index contributed by atoms with van der Waals surface area (Å²) in [5, 5.41) is 1.03. The first-order chi connectivity index (χ1) is 14.8. The number of benzene rings is 3. The number of rotatable bonds is 5. The third-order valence-corrected chi connectivity index (χ3v) is 5.99. The molecule has 0 radical (unpaired) electrons. The van der Waals surface area contributed by atoms with Gasteiger partial charge in [-0.3, -0.25) is 4.79 Å². The third-order valence-electron chi connectivity index (χ3n) is 5.99. The van der Waals surface area contributed by atoms with E-state index in [-0.39, 0.29) is 11.7 Å². The van der Waals surface area contributed by atoms with Gasteiger partial charge in [0.1, 0.15) is 5.58 Å². The van der Waals surface area contributed by atoms with Crippen LogP contribution in [0.15, 0.2) is 101 Å². The van der Waals surface area contributed by atoms with Crippen LogP contribution in [0.1, 0.15) is 58.8 Å². The second-order valence-corrected chi connectivity index (χ2v) is 7.90. The molecular weight excluding hydrogens is 368 g/mol. The molecule has 0 saturated heterocycles. The summed E-state index contributed by atoms with van der Waals surface area (Å²) in [7, 11) is 0. The fourth-order valence-corrected chi connectivity index (χ4v) is 4.58. The van der Waals surface area contributed by atoms with Crippen molar-refractivity contribution in [2.24, 2.45) is 0 Å². The normalized spacial score (nSPS) is 15.0. The number of carbonyl (C=O) groups excluding carboxylic acids is 1. The maximum absolute atomic E-state index is 13.5. The standard InChI is InChI=1S/C28H24O2/c29-27(22-16-8-3-9-17-22)28-26(23-18-10-11-19-24(23)30-28)25(20-12-4-1-5-13-20)21-14-6-2-7-15-21/h1,3-5,8-14,16-19,25H,2,6-7,15H2. The topological polar surface area (TPSA) is 30.2 Å². The van der Waals surface area contributed by atoms with Crippen LogP contribution >= 0.6 is 0 Å². The van der Waals surface area contributed by atoms with Crippen molar-refractivity contribution in [3.8, 4) is 0 Å². The molecule has 2 nitrogen and oxygen atoms in total. The van der Waals surface area contributed by atoms with Crippen molar-refractivity contribution < 1.29 is 9.21 Å². The van der Waals surface area contributed by atoms with E-state index >= 15 is 0 Å². The van der Waals surface area contributed by atoms with Gasteiger partial charge < -0.3 is 4.42 Å². The zero-order valence-corrected chi connectivity index (χ0v) is 16.9. The lowest BCUT2D eigenvalue weighted by Gasteiger charge is -2.24. The molecule has 0 N–H and O–H groups in total. The number of furan rings is 1. The van der Waals surface area contributed by atoms with Gasteiger partial charge in [-0.1, -0.05) is 90.5 Å². The molecule has 5 rings (SSSR count). The van der Waals surface area contributed by atoms with Gasteiger partial charge in [-0.05, 0) is 37.3 Å². The predicted molar refractivity (Wildman–Crippen MR) is 121 cm³/mol. The highest BCUT2D eigenvalue weighted by molar-refractivity contribution is 6.11. The number of ketones is 1. The largest absolute Gasteiger partial charge is 0.452 e. The Bertz CT molecular complexity index is 1200. The number of para-hydroxylation sites is 1. The highest BCUT2D eigenvalue weighted by Gasteiger charge is 2.31. The van der Waals surface area contributed by atoms with Crippen molar-refractivity contribution >= 4 is 16.8 Å². The van der Waals surface area contributed by atoms with Crippen LogP contribution in [-0.2, 0) is 0 Å². The summed E-state index contributed by atoms with van der Waals surface area (Å²) in [6.45, 7) is 0. The monoisotopic (exact) mass is 392 g/mol. The number of allylic oxidation sites excluding steroid dienone is 2. The molecule has 1 atom stereocenters. The SMILES string of the molecule is O=C(c1ccccc1)c1oc2ccccc2c1C(C1=CCCCC1)c1ccccc1. The van der Waals surface area contributed by atoms with Crippen molar-refractivity contribution in [1.82, 2.24) is 0 Å². The van der Waals surface area contributed by atoms with E-state index in [2.05, 4.69) is 36.4 Å². The molecule has 4 aromatic rings. The zero-order chi connectivity index (χ0) is 20.3. The van der Waals surface area contributed by atoms with Crippen molar-refractivity contribution in [2.75, 3.05) is 0 Å². The molecule has 148 valence electrons. The lowest BCUT2D eigenvalue weighted by Crippen LogP contribution is -2.12. The molecule has 1 heterocycles. The lowest BCUT2D eigenvalue weighted by atomic mass is 9.78. The Morgan fingerprint density at radius 2 is 1.50 bits per heavy atom. The van der Waals surface area contributed by atoms with Gasteiger partial charge in [-0.15, -0.1) is 0 Å². The second kappa shape index (κ2) is 8.16. The van der Waals surface area contributed by atoms with Crippen LogP contribution in [0.3, 0.4) is 0 Å². The van der Waals surface area contributed by atoms with Crippen molar-refractivity contribution in [3.05, 3.63) is 119 Å². The quantitative estimate of drug-likeness (QED) is 0.263. The van der Waals surface area contributed by atoms with Gasteiger partial charge in [-0.2, -0.15) is 0 Å². The minimum absolute atomic E-state index is 0.0258. The van der Waals surface area contributed by atoms with E-state index in [1.807, 2.05) is 54.6 Å². The first kappa shape index (κ1) is 18.6. The van der Waals surface area contributed by atoms with E-state index in [9.17, 15) is 4.79 Å². The Hall–Kier alpha value is -3.39. The van der Waals surface area contributed by atoms with Crippen LogP contribution in [0.2, 0.25) is 0 Å². The lowest BCUT2D eigenvalue weighted by molar-refractivity contribution is 0.101. The highest BCUT2D eigenvalue weighted by atomic mass is 16.3. The zero-order valence-electron chi connectivity index (χ0n) is 16.9. The maximum atomic E-state index is 13.5. The smallest absolute Gasteiger partial charge is 0.228 e. The molecule has 0 spiro atoms. The molecule has 2 heteroatoms. The molecular formula is C28H24O2. The van der Waals surface area contributed by atoms with Gasteiger partial charge in [0.05, 0.1) is 0 Å². The van der Waals surface area contributed by atoms with Gasteiger partial charge in [0, 0.05) is 22.4 Å². The Balaban J connectivity index is 1.76. The Morgan fingerprint density at radius 3 is 2.23 bits per heavy atom. The van der Waals surface area contributed by atoms with Crippen LogP contribution in [0.4, 0.5) is 0 Å². The van der Waals surface area contributed by atoms with Gasteiger partial charge >= 0.3 is 0 Å². The van der Waals surface area contributed by atoms with Crippen LogP contribution in [0.5, 0.6) is 0 Å². The number of hydrogen-bond donors (Lipinski definition) is 0. The minimum atomic E-state index is -0.0564. The van der Waals surface area contributed by atoms with Gasteiger partial charge in [0.2, 0.25) is 5.78 Å². The molecule has 0 amide bonds. The van der Waals surface area contributed by atoms with E-state index in [1.165, 1.54) is 24.0 Å². The van der Waals surface area contributed by atoms with Gasteiger partial charge in [0.15, 0.2) is 5.76 Å². The fourth-order valence-electron chi connectivity index (χ4n) is 4.58. The minimum Gasteiger partial charge on any atom is -0.452 e. The maximum Gasteiger partial charge on any atom is 0.228 e. The third kappa shape index (κ3) is 3.39. The van der Waals surface area contributed by atoms with Gasteiger partial charge in [0.25, 0.3) is 0 Å². The average Bonchev–Trinajstić information content (AvgIpc) is 3.20. The molecule has 1 aliphatic rings. The van der Waals surface area contributed by atoms with Crippen LogP contribution < -0.4 is 0 Å². The fraction of sp³-hybridized carbons (Fsp3) is 0.179. The Labute approximate surface area is 176 Å². The van der Waals surface area contributed by atoms with Crippen LogP contribution in [0.25, 0.3) is 11.0 Å². The molecule has 0 bridgehead atoms. The molecule has 0 saturated carbocycles. The molecule has 1 aromatic heterocycles. The molecule has 0 fully saturated rings. The molecule has 1 unspecified atom stereocenters. The first-order valence-corrected chi connectivity index (χ1v) is 10.7. The van der Waals surface area contributed by atoms with Crippen LogP contribution in [-0.4, -0.2) is 5.78 Å².